The molecule has 0 saturated carbocycles. The van der Waals surface area contributed by atoms with Gasteiger partial charge in [-0.25, -0.2) is 8.42 Å². The molecule has 0 spiro atoms. The number of methoxy groups -OCH3 is 1. The van der Waals surface area contributed by atoms with Gasteiger partial charge in [-0.3, -0.25) is 0 Å². The zero-order chi connectivity index (χ0) is 14.3. The molecule has 1 heterocycles. The first kappa shape index (κ1) is 16.8. The molecule has 1 aliphatic heterocycles. The van der Waals surface area contributed by atoms with E-state index in [2.05, 4.69) is 5.32 Å². The molecule has 0 aromatic carbocycles. The number of ether oxygens (including phenoxy) is 2. The maximum Gasteiger partial charge on any atom is 0.150 e. The lowest BCUT2D eigenvalue weighted by atomic mass is 10.1. The van der Waals surface area contributed by atoms with Crippen LogP contribution in [0.25, 0.3) is 0 Å². The van der Waals surface area contributed by atoms with Gasteiger partial charge in [0.15, 0.2) is 9.84 Å². The summed E-state index contributed by atoms with van der Waals surface area (Å²) in [6, 6.07) is 0. The summed E-state index contributed by atoms with van der Waals surface area (Å²) < 4.78 is 32.8. The van der Waals surface area contributed by atoms with Crippen LogP contribution in [0.5, 0.6) is 0 Å². The van der Waals surface area contributed by atoms with Gasteiger partial charge in [-0.1, -0.05) is 0 Å². The van der Waals surface area contributed by atoms with Crippen molar-refractivity contribution in [2.75, 3.05) is 44.9 Å². The van der Waals surface area contributed by atoms with Crippen LogP contribution in [0.4, 0.5) is 0 Å². The maximum atomic E-state index is 11.3. The lowest BCUT2D eigenvalue weighted by molar-refractivity contribution is -0.0311. The van der Waals surface area contributed by atoms with Crippen LogP contribution in [0.2, 0.25) is 0 Å². The van der Waals surface area contributed by atoms with Gasteiger partial charge in [-0.15, -0.1) is 0 Å². The Morgan fingerprint density at radius 1 is 1.42 bits per heavy atom. The van der Waals surface area contributed by atoms with Crippen molar-refractivity contribution in [2.24, 2.45) is 5.92 Å². The van der Waals surface area contributed by atoms with Gasteiger partial charge < -0.3 is 19.9 Å². The molecule has 19 heavy (non-hydrogen) atoms. The maximum absolute atomic E-state index is 11.3. The lowest BCUT2D eigenvalue weighted by Gasteiger charge is -2.17. The third-order valence-corrected chi connectivity index (χ3v) is 4.95. The highest BCUT2D eigenvalue weighted by molar-refractivity contribution is 7.91. The van der Waals surface area contributed by atoms with E-state index >= 15 is 0 Å². The third kappa shape index (κ3) is 7.22. The van der Waals surface area contributed by atoms with Gasteiger partial charge in [0.2, 0.25) is 0 Å². The molecular weight excluding hydrogens is 270 g/mol. The smallest absolute Gasteiger partial charge is 0.150 e. The van der Waals surface area contributed by atoms with Gasteiger partial charge in [0.1, 0.15) is 0 Å². The summed E-state index contributed by atoms with van der Waals surface area (Å²) in [5.74, 6) is 0.724. The van der Waals surface area contributed by atoms with Crippen molar-refractivity contribution < 1.29 is 23.0 Å². The molecule has 3 atom stereocenters. The predicted molar refractivity (Wildman–Crippen MR) is 72.9 cm³/mol. The summed E-state index contributed by atoms with van der Waals surface area (Å²) in [5, 5.41) is 12.8. The number of rotatable bonds is 9. The highest BCUT2D eigenvalue weighted by Gasteiger charge is 2.27. The molecule has 1 rings (SSSR count). The normalized spacial score (nSPS) is 25.3. The molecule has 2 N–H and O–H groups in total. The summed E-state index contributed by atoms with van der Waals surface area (Å²) >= 11 is 0. The number of aliphatic hydroxyl groups is 1. The Kier molecular flexibility index (Phi) is 7.23. The summed E-state index contributed by atoms with van der Waals surface area (Å²) in [6.45, 7) is 3.67. The van der Waals surface area contributed by atoms with E-state index in [1.54, 1.807) is 7.11 Å². The van der Waals surface area contributed by atoms with Crippen molar-refractivity contribution >= 4 is 9.84 Å². The number of sulfone groups is 1. The van der Waals surface area contributed by atoms with Gasteiger partial charge >= 0.3 is 0 Å². The number of hydrogen-bond donors (Lipinski definition) is 2. The second kappa shape index (κ2) is 8.16. The molecular formula is C12H25NO5S. The largest absolute Gasteiger partial charge is 0.389 e. The van der Waals surface area contributed by atoms with Gasteiger partial charge in [0, 0.05) is 13.7 Å². The molecule has 0 aromatic heterocycles. The molecule has 114 valence electrons. The fourth-order valence-electron chi connectivity index (χ4n) is 2.10. The van der Waals surface area contributed by atoms with Crippen LogP contribution >= 0.6 is 0 Å². The number of aliphatic hydroxyl groups excluding tert-OH is 1. The highest BCUT2D eigenvalue weighted by atomic mass is 32.2. The zero-order valence-corrected chi connectivity index (χ0v) is 12.5. The Bertz CT molecular complexity index is 346. The Morgan fingerprint density at radius 3 is 2.74 bits per heavy atom. The van der Waals surface area contributed by atoms with Crippen molar-refractivity contribution in [3.05, 3.63) is 0 Å². The second-order valence-electron chi connectivity index (χ2n) is 5.18. The minimum Gasteiger partial charge on any atom is -0.389 e. The van der Waals surface area contributed by atoms with E-state index in [1.165, 1.54) is 0 Å². The standard InChI is InChI=1S/C12H25NO5S/c1-10(7-17-2)18-8-12(14)6-13-5-11-3-4-19(15,16)9-11/h10-14H,3-9H2,1-2H3. The summed E-state index contributed by atoms with van der Waals surface area (Å²) in [6.07, 6.45) is 0.0872. The van der Waals surface area contributed by atoms with Crippen LogP contribution in [-0.4, -0.2) is 70.7 Å². The van der Waals surface area contributed by atoms with E-state index in [9.17, 15) is 13.5 Å². The van der Waals surface area contributed by atoms with E-state index in [4.69, 9.17) is 9.47 Å². The fraction of sp³-hybridized carbons (Fsp3) is 1.00. The molecule has 1 aliphatic rings. The SMILES string of the molecule is COCC(C)OCC(O)CNCC1CCS(=O)(=O)C1. The van der Waals surface area contributed by atoms with Crippen LogP contribution < -0.4 is 5.32 Å². The average Bonchev–Trinajstić information content (AvgIpc) is 2.67. The topological polar surface area (TPSA) is 84.9 Å². The van der Waals surface area contributed by atoms with Gasteiger partial charge in [0.25, 0.3) is 0 Å². The van der Waals surface area contributed by atoms with Crippen molar-refractivity contribution in [3.8, 4) is 0 Å². The molecule has 6 nitrogen and oxygen atoms in total. The van der Waals surface area contributed by atoms with E-state index in [0.717, 1.165) is 0 Å². The Hall–Kier alpha value is -0.210. The molecule has 0 aliphatic carbocycles. The van der Waals surface area contributed by atoms with Gasteiger partial charge in [-0.05, 0) is 25.8 Å². The molecule has 7 heteroatoms. The number of hydrogen-bond acceptors (Lipinski definition) is 6. The first-order chi connectivity index (χ1) is 8.93. The zero-order valence-electron chi connectivity index (χ0n) is 11.7. The first-order valence-corrected chi connectivity index (χ1v) is 8.45. The van der Waals surface area contributed by atoms with Crippen molar-refractivity contribution in [2.45, 2.75) is 25.6 Å². The second-order valence-corrected chi connectivity index (χ2v) is 7.41. The fourth-order valence-corrected chi connectivity index (χ4v) is 3.97. The Morgan fingerprint density at radius 2 is 2.16 bits per heavy atom. The molecule has 3 unspecified atom stereocenters. The van der Waals surface area contributed by atoms with E-state index < -0.39 is 15.9 Å². The number of nitrogens with one attached hydrogen (secondary N) is 1. The average molecular weight is 295 g/mol. The van der Waals surface area contributed by atoms with Crippen LogP contribution in [0.3, 0.4) is 0 Å². The summed E-state index contributed by atoms with van der Waals surface area (Å²) in [4.78, 5) is 0. The van der Waals surface area contributed by atoms with E-state index in [0.29, 0.717) is 31.9 Å². The van der Waals surface area contributed by atoms with Crippen LogP contribution in [0.15, 0.2) is 0 Å². The molecule has 1 fully saturated rings. The molecule has 0 radical (unpaired) electrons. The minimum absolute atomic E-state index is 0.0420. The molecule has 0 bridgehead atoms. The van der Waals surface area contributed by atoms with Crippen LogP contribution in [-0.2, 0) is 19.3 Å². The lowest BCUT2D eigenvalue weighted by Crippen LogP contribution is -2.35. The minimum atomic E-state index is -2.82. The molecule has 0 amide bonds. The van der Waals surface area contributed by atoms with E-state index in [-0.39, 0.29) is 24.4 Å². The Labute approximate surface area is 115 Å². The summed E-state index contributed by atoms with van der Waals surface area (Å²) in [5.41, 5.74) is 0. The molecule has 0 aromatic rings. The Balaban J connectivity index is 2.06. The van der Waals surface area contributed by atoms with Crippen LogP contribution in [0, 0.1) is 5.92 Å². The van der Waals surface area contributed by atoms with Crippen LogP contribution in [0.1, 0.15) is 13.3 Å². The van der Waals surface area contributed by atoms with Gasteiger partial charge in [-0.2, -0.15) is 0 Å². The van der Waals surface area contributed by atoms with Crippen molar-refractivity contribution in [1.82, 2.24) is 5.32 Å². The van der Waals surface area contributed by atoms with E-state index in [1.807, 2.05) is 6.92 Å². The van der Waals surface area contributed by atoms with Crippen molar-refractivity contribution in [1.29, 1.82) is 0 Å². The molecule has 1 saturated heterocycles. The first-order valence-electron chi connectivity index (χ1n) is 6.62. The quantitative estimate of drug-likeness (QED) is 0.592. The summed E-state index contributed by atoms with van der Waals surface area (Å²) in [7, 11) is -1.21. The monoisotopic (exact) mass is 295 g/mol. The van der Waals surface area contributed by atoms with Crippen molar-refractivity contribution in [3.63, 3.8) is 0 Å². The highest BCUT2D eigenvalue weighted by Crippen LogP contribution is 2.17. The third-order valence-electron chi connectivity index (χ3n) is 3.11. The predicted octanol–water partition coefficient (Wildman–Crippen LogP) is -0.577. The van der Waals surface area contributed by atoms with Gasteiger partial charge in [0.05, 0.1) is 36.9 Å².